The van der Waals surface area contributed by atoms with Crippen LogP contribution < -0.4 is 20.9 Å². The summed E-state index contributed by atoms with van der Waals surface area (Å²) >= 11 is 0. The molecule has 1 fully saturated rings. The standard InChI is InChI=1S/C28H26FN7O4/c1-4-16(2)30-17(3)35-13-5-6-20(28(35)39)27(38)31-19-9-10-22(21(29)14-19)40-25-12-11-24-32-23(15-36(24)34-25)33-26(37)18-7-8-18/h4-6,9-15,18H,7-8H2,1-3H3,(H,31,38)(H,33,37)/b16-4-,30-17?. The minimum atomic E-state index is -0.752. The Balaban J connectivity index is 1.29. The molecule has 40 heavy (non-hydrogen) atoms. The van der Waals surface area contributed by atoms with E-state index in [1.807, 2.05) is 6.92 Å². The van der Waals surface area contributed by atoms with Gasteiger partial charge in [-0.15, -0.1) is 5.10 Å². The number of carbonyl (C=O) groups excluding carboxylic acids is 2. The van der Waals surface area contributed by atoms with Crippen molar-refractivity contribution in [2.75, 3.05) is 10.6 Å². The number of rotatable bonds is 7. The smallest absolute Gasteiger partial charge is 0.268 e. The number of nitrogens with zero attached hydrogens (tertiary/aromatic N) is 5. The highest BCUT2D eigenvalue weighted by molar-refractivity contribution is 6.04. The van der Waals surface area contributed by atoms with Crippen molar-refractivity contribution >= 4 is 34.8 Å². The molecule has 204 valence electrons. The molecule has 1 aliphatic rings. The molecule has 0 unspecified atom stereocenters. The lowest BCUT2D eigenvalue weighted by atomic mass is 10.2. The molecule has 1 aromatic carbocycles. The zero-order chi connectivity index (χ0) is 28.4. The first-order valence-corrected chi connectivity index (χ1v) is 12.6. The fourth-order valence-corrected chi connectivity index (χ4v) is 3.82. The van der Waals surface area contributed by atoms with Crippen LogP contribution in [0, 0.1) is 11.7 Å². The van der Waals surface area contributed by atoms with Crippen molar-refractivity contribution in [3.8, 4) is 11.6 Å². The predicted octanol–water partition coefficient (Wildman–Crippen LogP) is 4.61. The summed E-state index contributed by atoms with van der Waals surface area (Å²) in [6.07, 6.45) is 6.62. The molecule has 12 heteroatoms. The number of halogens is 1. The van der Waals surface area contributed by atoms with Crippen LogP contribution in [0.5, 0.6) is 11.6 Å². The van der Waals surface area contributed by atoms with Gasteiger partial charge in [0, 0.05) is 35.6 Å². The highest BCUT2D eigenvalue weighted by Gasteiger charge is 2.30. The number of allylic oxidation sites excluding steroid dienone is 2. The Hall–Kier alpha value is -5.13. The number of nitrogens with one attached hydrogen (secondary N) is 2. The van der Waals surface area contributed by atoms with Crippen LogP contribution in [-0.4, -0.2) is 36.8 Å². The van der Waals surface area contributed by atoms with E-state index in [0.717, 1.165) is 24.6 Å². The molecule has 1 saturated carbocycles. The number of anilines is 2. The van der Waals surface area contributed by atoms with Gasteiger partial charge in [-0.3, -0.25) is 19.0 Å². The zero-order valence-corrected chi connectivity index (χ0v) is 22.0. The van der Waals surface area contributed by atoms with Crippen LogP contribution in [0.4, 0.5) is 15.9 Å². The lowest BCUT2D eigenvalue weighted by molar-refractivity contribution is -0.117. The Morgan fingerprint density at radius 3 is 2.67 bits per heavy atom. The second-order valence-corrected chi connectivity index (χ2v) is 9.25. The molecule has 3 aromatic heterocycles. The van der Waals surface area contributed by atoms with Crippen molar-refractivity contribution in [2.24, 2.45) is 10.9 Å². The third kappa shape index (κ3) is 5.80. The summed E-state index contributed by atoms with van der Waals surface area (Å²) in [5, 5.41) is 9.55. The van der Waals surface area contributed by atoms with E-state index in [9.17, 15) is 18.8 Å². The highest BCUT2D eigenvalue weighted by Crippen LogP contribution is 2.30. The molecule has 1 aliphatic carbocycles. The molecule has 0 atom stereocenters. The Morgan fingerprint density at radius 2 is 1.95 bits per heavy atom. The first-order chi connectivity index (χ1) is 19.2. The monoisotopic (exact) mass is 543 g/mol. The van der Waals surface area contributed by atoms with Crippen molar-refractivity contribution in [1.82, 2.24) is 19.2 Å². The summed E-state index contributed by atoms with van der Waals surface area (Å²) in [5.74, 6) is -0.739. The lowest BCUT2D eigenvalue weighted by Gasteiger charge is -2.10. The summed E-state index contributed by atoms with van der Waals surface area (Å²) in [6.45, 7) is 5.29. The van der Waals surface area contributed by atoms with Crippen molar-refractivity contribution in [2.45, 2.75) is 33.6 Å². The molecule has 2 amide bonds. The van der Waals surface area contributed by atoms with Gasteiger partial charge in [0.2, 0.25) is 11.8 Å². The molecule has 0 spiro atoms. The largest absolute Gasteiger partial charge is 0.434 e. The summed E-state index contributed by atoms with van der Waals surface area (Å²) in [4.78, 5) is 46.3. The minimum Gasteiger partial charge on any atom is -0.434 e. The predicted molar refractivity (Wildman–Crippen MR) is 147 cm³/mol. The van der Waals surface area contributed by atoms with Gasteiger partial charge in [-0.1, -0.05) is 6.08 Å². The van der Waals surface area contributed by atoms with E-state index in [4.69, 9.17) is 4.74 Å². The Bertz CT molecular complexity index is 1750. The molecule has 5 rings (SSSR count). The third-order valence-electron chi connectivity index (χ3n) is 6.20. The van der Waals surface area contributed by atoms with Gasteiger partial charge in [-0.2, -0.15) is 0 Å². The fraction of sp³-hybridized carbons (Fsp3) is 0.214. The number of carbonyl (C=O) groups is 2. The van der Waals surface area contributed by atoms with E-state index in [1.54, 1.807) is 38.3 Å². The van der Waals surface area contributed by atoms with Gasteiger partial charge in [-0.25, -0.2) is 18.9 Å². The number of hydrogen-bond acceptors (Lipinski definition) is 7. The van der Waals surface area contributed by atoms with E-state index in [-0.39, 0.29) is 34.7 Å². The summed E-state index contributed by atoms with van der Waals surface area (Å²) in [5.41, 5.74) is 0.659. The maximum absolute atomic E-state index is 14.9. The molecule has 2 N–H and O–H groups in total. The van der Waals surface area contributed by atoms with Gasteiger partial charge in [0.25, 0.3) is 11.5 Å². The van der Waals surface area contributed by atoms with Crippen LogP contribution in [0.15, 0.2) is 76.4 Å². The number of imidazole rings is 1. The van der Waals surface area contributed by atoms with E-state index >= 15 is 0 Å². The van der Waals surface area contributed by atoms with Crippen molar-refractivity contribution < 1.29 is 18.7 Å². The average Bonchev–Trinajstić information content (AvgIpc) is 3.70. The average molecular weight is 544 g/mol. The highest BCUT2D eigenvalue weighted by atomic mass is 19.1. The van der Waals surface area contributed by atoms with Crippen molar-refractivity contribution in [3.05, 3.63) is 88.4 Å². The molecule has 0 aliphatic heterocycles. The molecule has 3 heterocycles. The molecule has 0 saturated heterocycles. The minimum absolute atomic E-state index is 0.0370. The maximum atomic E-state index is 14.9. The molecule has 0 bridgehead atoms. The Kier molecular flexibility index (Phi) is 7.23. The summed E-state index contributed by atoms with van der Waals surface area (Å²) in [7, 11) is 0. The van der Waals surface area contributed by atoms with Crippen molar-refractivity contribution in [3.63, 3.8) is 0 Å². The maximum Gasteiger partial charge on any atom is 0.268 e. The molecule has 11 nitrogen and oxygen atoms in total. The van der Waals surface area contributed by atoms with Gasteiger partial charge < -0.3 is 15.4 Å². The molecule has 0 radical (unpaired) electrons. The molecular formula is C28H26FN7O4. The van der Waals surface area contributed by atoms with Crippen LogP contribution in [0.3, 0.4) is 0 Å². The number of aromatic nitrogens is 4. The number of fused-ring (bicyclic) bond motifs is 1. The number of ether oxygens (including phenoxy) is 1. The summed E-state index contributed by atoms with van der Waals surface area (Å²) in [6, 6.07) is 9.96. The van der Waals surface area contributed by atoms with Gasteiger partial charge in [-0.05, 0) is 63.9 Å². The van der Waals surface area contributed by atoms with Crippen LogP contribution in [0.1, 0.15) is 44.0 Å². The number of benzene rings is 1. The van der Waals surface area contributed by atoms with E-state index in [2.05, 4.69) is 25.7 Å². The Morgan fingerprint density at radius 1 is 1.15 bits per heavy atom. The third-order valence-corrected chi connectivity index (χ3v) is 6.20. The Labute approximate surface area is 228 Å². The molecule has 4 aromatic rings. The lowest BCUT2D eigenvalue weighted by Crippen LogP contribution is -2.31. The van der Waals surface area contributed by atoms with Crippen LogP contribution in [-0.2, 0) is 4.79 Å². The van der Waals surface area contributed by atoms with E-state index in [1.165, 1.54) is 39.5 Å². The first kappa shape index (κ1) is 26.5. The number of hydrogen-bond donors (Lipinski definition) is 2. The number of pyridine rings is 1. The number of aliphatic imine (C=N–C) groups is 1. The van der Waals surface area contributed by atoms with Gasteiger partial charge in [0.05, 0.1) is 6.20 Å². The summed E-state index contributed by atoms with van der Waals surface area (Å²) < 4.78 is 23.2. The topological polar surface area (TPSA) is 132 Å². The van der Waals surface area contributed by atoms with Gasteiger partial charge in [0.1, 0.15) is 11.4 Å². The quantitative estimate of drug-likeness (QED) is 0.258. The van der Waals surface area contributed by atoms with E-state index in [0.29, 0.717) is 17.3 Å². The van der Waals surface area contributed by atoms with Crippen LogP contribution >= 0.6 is 0 Å². The normalized spacial score (nSPS) is 13.8. The second-order valence-electron chi connectivity index (χ2n) is 9.25. The van der Waals surface area contributed by atoms with E-state index < -0.39 is 17.3 Å². The van der Waals surface area contributed by atoms with Gasteiger partial charge >= 0.3 is 0 Å². The van der Waals surface area contributed by atoms with Crippen LogP contribution in [0.2, 0.25) is 0 Å². The van der Waals surface area contributed by atoms with Crippen molar-refractivity contribution in [1.29, 1.82) is 0 Å². The number of amides is 2. The van der Waals surface area contributed by atoms with Crippen LogP contribution in [0.25, 0.3) is 5.65 Å². The van der Waals surface area contributed by atoms with Gasteiger partial charge in [0.15, 0.2) is 23.0 Å². The SMILES string of the molecule is C/C=C(/C)N=C(C)n1cccc(C(=O)Nc2ccc(Oc3ccc4nc(NC(=O)C5CC5)cn4n3)c(F)c2)c1=O. The fourth-order valence-electron chi connectivity index (χ4n) is 3.82. The molecular weight excluding hydrogens is 517 g/mol. The second kappa shape index (κ2) is 10.9. The first-order valence-electron chi connectivity index (χ1n) is 12.6. The zero-order valence-electron chi connectivity index (χ0n) is 22.0.